The molecule has 0 spiro atoms. The summed E-state index contributed by atoms with van der Waals surface area (Å²) in [4.78, 5) is 25.7. The predicted molar refractivity (Wildman–Crippen MR) is 93.3 cm³/mol. The van der Waals surface area contributed by atoms with Crippen LogP contribution in [0.25, 0.3) is 0 Å². The third-order valence-electron chi connectivity index (χ3n) is 4.52. The molecule has 0 aromatic heterocycles. The first-order valence-corrected chi connectivity index (χ1v) is 8.36. The van der Waals surface area contributed by atoms with Crippen LogP contribution in [0.2, 0.25) is 0 Å². The largest absolute Gasteiger partial charge is 0.480 e. The van der Waals surface area contributed by atoms with Crippen LogP contribution in [0.1, 0.15) is 23.5 Å². The van der Waals surface area contributed by atoms with Gasteiger partial charge in [-0.1, -0.05) is 60.7 Å². The standard InChI is InChI=1S/C20H21NO4/c22-19(21-11-12-25-14-18(21)20(23)24)13-17(15-7-3-1-4-8-15)16-9-5-2-6-10-16/h1-10,17-18H,11-14H2,(H,23,24)/t18-/m1/s1. The molecule has 5 heteroatoms. The molecular formula is C20H21NO4. The second-order valence-electron chi connectivity index (χ2n) is 6.09. The summed E-state index contributed by atoms with van der Waals surface area (Å²) in [6, 6.07) is 18.8. The van der Waals surface area contributed by atoms with Gasteiger partial charge in [-0.3, -0.25) is 4.79 Å². The molecule has 2 aromatic rings. The highest BCUT2D eigenvalue weighted by Crippen LogP contribution is 2.29. The average molecular weight is 339 g/mol. The van der Waals surface area contributed by atoms with E-state index in [0.29, 0.717) is 13.2 Å². The summed E-state index contributed by atoms with van der Waals surface area (Å²) in [6.45, 7) is 0.728. The van der Waals surface area contributed by atoms with Gasteiger partial charge in [0, 0.05) is 18.9 Å². The van der Waals surface area contributed by atoms with Crippen molar-refractivity contribution < 1.29 is 19.4 Å². The Bertz CT molecular complexity index is 677. The van der Waals surface area contributed by atoms with Gasteiger partial charge in [0.15, 0.2) is 6.04 Å². The van der Waals surface area contributed by atoms with E-state index >= 15 is 0 Å². The molecule has 0 saturated carbocycles. The third kappa shape index (κ3) is 4.06. The molecule has 3 rings (SSSR count). The van der Waals surface area contributed by atoms with Crippen LogP contribution in [0.4, 0.5) is 0 Å². The maximum Gasteiger partial charge on any atom is 0.328 e. The summed E-state index contributed by atoms with van der Waals surface area (Å²) < 4.78 is 5.22. The van der Waals surface area contributed by atoms with E-state index in [4.69, 9.17) is 4.74 Å². The van der Waals surface area contributed by atoms with E-state index in [9.17, 15) is 14.7 Å². The lowest BCUT2D eigenvalue weighted by molar-refractivity contribution is -0.158. The van der Waals surface area contributed by atoms with E-state index in [2.05, 4.69) is 0 Å². The highest BCUT2D eigenvalue weighted by atomic mass is 16.5. The van der Waals surface area contributed by atoms with E-state index in [0.717, 1.165) is 11.1 Å². The van der Waals surface area contributed by atoms with Crippen molar-refractivity contribution in [3.05, 3.63) is 71.8 Å². The zero-order valence-electron chi connectivity index (χ0n) is 13.9. The number of benzene rings is 2. The Kier molecular flexibility index (Phi) is 5.46. The van der Waals surface area contributed by atoms with Gasteiger partial charge < -0.3 is 14.7 Å². The Balaban J connectivity index is 1.85. The summed E-state index contributed by atoms with van der Waals surface area (Å²) >= 11 is 0. The van der Waals surface area contributed by atoms with Gasteiger partial charge in [-0.15, -0.1) is 0 Å². The molecule has 2 aromatic carbocycles. The van der Waals surface area contributed by atoms with Crippen molar-refractivity contribution in [3.63, 3.8) is 0 Å². The first-order chi connectivity index (χ1) is 12.2. The number of hydrogen-bond acceptors (Lipinski definition) is 3. The molecule has 1 amide bonds. The monoisotopic (exact) mass is 339 g/mol. The van der Waals surface area contributed by atoms with Gasteiger partial charge in [-0.25, -0.2) is 4.79 Å². The minimum absolute atomic E-state index is 0.0441. The number of hydrogen-bond donors (Lipinski definition) is 1. The number of aliphatic carboxylic acids is 1. The molecule has 0 unspecified atom stereocenters. The Morgan fingerprint density at radius 3 is 2.12 bits per heavy atom. The molecule has 1 aliphatic rings. The maximum absolute atomic E-state index is 12.9. The fourth-order valence-corrected chi connectivity index (χ4v) is 3.20. The highest BCUT2D eigenvalue weighted by molar-refractivity contribution is 5.84. The van der Waals surface area contributed by atoms with Gasteiger partial charge in [0.2, 0.25) is 5.91 Å². The lowest BCUT2D eigenvalue weighted by atomic mass is 9.88. The number of nitrogens with zero attached hydrogens (tertiary/aromatic N) is 1. The number of carboxylic acid groups (broad SMARTS) is 1. The first kappa shape index (κ1) is 17.2. The fraction of sp³-hybridized carbons (Fsp3) is 0.300. The van der Waals surface area contributed by atoms with Crippen LogP contribution in [-0.2, 0) is 14.3 Å². The number of rotatable bonds is 5. The normalized spacial score (nSPS) is 17.5. The highest BCUT2D eigenvalue weighted by Gasteiger charge is 2.33. The Hall–Kier alpha value is -2.66. The van der Waals surface area contributed by atoms with Crippen LogP contribution in [0.15, 0.2) is 60.7 Å². The van der Waals surface area contributed by atoms with Crippen LogP contribution in [-0.4, -0.2) is 47.7 Å². The van der Waals surface area contributed by atoms with Crippen LogP contribution < -0.4 is 0 Å². The lowest BCUT2D eigenvalue weighted by Gasteiger charge is -2.34. The number of amides is 1. The number of carbonyl (C=O) groups excluding carboxylic acids is 1. The molecule has 0 radical (unpaired) electrons. The topological polar surface area (TPSA) is 66.8 Å². The summed E-state index contributed by atoms with van der Waals surface area (Å²) in [7, 11) is 0. The van der Waals surface area contributed by atoms with Crippen molar-refractivity contribution in [2.75, 3.05) is 19.8 Å². The molecule has 1 saturated heterocycles. The van der Waals surface area contributed by atoms with Gasteiger partial charge in [0.25, 0.3) is 0 Å². The van der Waals surface area contributed by atoms with Crippen molar-refractivity contribution in [2.45, 2.75) is 18.4 Å². The molecule has 130 valence electrons. The van der Waals surface area contributed by atoms with Crippen molar-refractivity contribution in [1.82, 2.24) is 4.90 Å². The van der Waals surface area contributed by atoms with E-state index in [-0.39, 0.29) is 24.9 Å². The quantitative estimate of drug-likeness (QED) is 0.909. The van der Waals surface area contributed by atoms with Crippen LogP contribution in [0.3, 0.4) is 0 Å². The Morgan fingerprint density at radius 2 is 1.60 bits per heavy atom. The molecule has 0 bridgehead atoms. The Morgan fingerprint density at radius 1 is 1.04 bits per heavy atom. The molecule has 1 aliphatic heterocycles. The van der Waals surface area contributed by atoms with Crippen LogP contribution >= 0.6 is 0 Å². The van der Waals surface area contributed by atoms with E-state index in [1.54, 1.807) is 0 Å². The minimum atomic E-state index is -1.02. The molecule has 1 fully saturated rings. The maximum atomic E-state index is 12.9. The molecule has 0 aliphatic carbocycles. The SMILES string of the molecule is O=C(O)[C@H]1COCCN1C(=O)CC(c1ccccc1)c1ccccc1. The van der Waals surface area contributed by atoms with Gasteiger partial charge in [0.05, 0.1) is 13.2 Å². The fourth-order valence-electron chi connectivity index (χ4n) is 3.20. The smallest absolute Gasteiger partial charge is 0.328 e. The predicted octanol–water partition coefficient (Wildman–Crippen LogP) is 2.52. The second kappa shape index (κ2) is 7.94. The number of carboxylic acids is 1. The molecule has 5 nitrogen and oxygen atoms in total. The number of ether oxygens (including phenoxy) is 1. The zero-order valence-corrected chi connectivity index (χ0v) is 13.9. The summed E-state index contributed by atoms with van der Waals surface area (Å²) in [6.07, 6.45) is 0.234. The molecule has 1 heterocycles. The van der Waals surface area contributed by atoms with Gasteiger partial charge in [-0.2, -0.15) is 0 Å². The van der Waals surface area contributed by atoms with Gasteiger partial charge >= 0.3 is 5.97 Å². The van der Waals surface area contributed by atoms with Crippen LogP contribution in [0, 0.1) is 0 Å². The molecule has 1 atom stereocenters. The summed E-state index contributed by atoms with van der Waals surface area (Å²) in [5.74, 6) is -1.29. The molecule has 1 N–H and O–H groups in total. The minimum Gasteiger partial charge on any atom is -0.480 e. The van der Waals surface area contributed by atoms with E-state index < -0.39 is 12.0 Å². The van der Waals surface area contributed by atoms with Crippen LogP contribution in [0.5, 0.6) is 0 Å². The lowest BCUT2D eigenvalue weighted by Crippen LogP contribution is -2.52. The molecule has 25 heavy (non-hydrogen) atoms. The van der Waals surface area contributed by atoms with Crippen molar-refractivity contribution in [1.29, 1.82) is 0 Å². The second-order valence-corrected chi connectivity index (χ2v) is 6.09. The number of carbonyl (C=O) groups is 2. The third-order valence-corrected chi connectivity index (χ3v) is 4.52. The van der Waals surface area contributed by atoms with Crippen molar-refractivity contribution in [2.24, 2.45) is 0 Å². The summed E-state index contributed by atoms with van der Waals surface area (Å²) in [5, 5.41) is 9.35. The summed E-state index contributed by atoms with van der Waals surface area (Å²) in [5.41, 5.74) is 2.09. The number of morpholine rings is 1. The van der Waals surface area contributed by atoms with Crippen molar-refractivity contribution >= 4 is 11.9 Å². The van der Waals surface area contributed by atoms with E-state index in [1.165, 1.54) is 4.90 Å². The first-order valence-electron chi connectivity index (χ1n) is 8.36. The average Bonchev–Trinajstić information content (AvgIpc) is 2.67. The van der Waals surface area contributed by atoms with E-state index in [1.807, 2.05) is 60.7 Å². The van der Waals surface area contributed by atoms with Crippen molar-refractivity contribution in [3.8, 4) is 0 Å². The molecular weight excluding hydrogens is 318 g/mol. The van der Waals surface area contributed by atoms with Gasteiger partial charge in [0.1, 0.15) is 0 Å². The Labute approximate surface area is 146 Å². The van der Waals surface area contributed by atoms with Gasteiger partial charge in [-0.05, 0) is 11.1 Å². The zero-order chi connectivity index (χ0) is 17.6.